The Balaban J connectivity index is 2.42. The Morgan fingerprint density at radius 3 is 2.61 bits per heavy atom. The maximum Gasteiger partial charge on any atom is 0.137 e. The van der Waals surface area contributed by atoms with Gasteiger partial charge in [0, 0.05) is 6.04 Å². The van der Waals surface area contributed by atoms with E-state index in [1.165, 1.54) is 25.7 Å². The first-order valence-corrected chi connectivity index (χ1v) is 7.01. The molecule has 1 rings (SSSR count). The average Bonchev–Trinajstić information content (AvgIpc) is 2.39. The number of ether oxygens (including phenoxy) is 1. The minimum Gasteiger partial charge on any atom is -0.492 e. The smallest absolute Gasteiger partial charge is 0.137 e. The highest BCUT2D eigenvalue weighted by atomic mass is 16.5. The molecule has 0 saturated carbocycles. The highest BCUT2D eigenvalue weighted by Gasteiger charge is 2.07. The van der Waals surface area contributed by atoms with Crippen molar-refractivity contribution in [3.8, 4) is 5.75 Å². The monoisotopic (exact) mass is 250 g/mol. The van der Waals surface area contributed by atoms with E-state index in [9.17, 15) is 0 Å². The fourth-order valence-corrected chi connectivity index (χ4v) is 1.86. The van der Waals surface area contributed by atoms with Crippen LogP contribution in [0.3, 0.4) is 0 Å². The molecule has 1 heterocycles. The molecule has 102 valence electrons. The molecule has 0 fully saturated rings. The molecule has 0 aliphatic carbocycles. The molecule has 0 radical (unpaired) electrons. The molecule has 0 aliphatic rings. The molecule has 2 N–H and O–H groups in total. The summed E-state index contributed by atoms with van der Waals surface area (Å²) in [6, 6.07) is 3.87. The molecule has 3 heteroatoms. The summed E-state index contributed by atoms with van der Waals surface area (Å²) < 4.78 is 5.79. The van der Waals surface area contributed by atoms with Gasteiger partial charge in [-0.15, -0.1) is 0 Å². The number of hydrogen-bond donors (Lipinski definition) is 1. The lowest BCUT2D eigenvalue weighted by atomic mass is 10.0. The lowest BCUT2D eigenvalue weighted by Gasteiger charge is -2.15. The quantitative estimate of drug-likeness (QED) is 0.765. The van der Waals surface area contributed by atoms with Crippen LogP contribution in [-0.2, 0) is 0 Å². The zero-order chi connectivity index (χ0) is 13.4. The summed E-state index contributed by atoms with van der Waals surface area (Å²) in [5, 5.41) is 0. The Morgan fingerprint density at radius 1 is 1.33 bits per heavy atom. The van der Waals surface area contributed by atoms with E-state index in [0.29, 0.717) is 5.92 Å². The molecule has 1 aromatic heterocycles. The van der Waals surface area contributed by atoms with Crippen molar-refractivity contribution in [3.05, 3.63) is 24.0 Å². The van der Waals surface area contributed by atoms with Gasteiger partial charge < -0.3 is 10.5 Å². The van der Waals surface area contributed by atoms with Crippen LogP contribution in [0.4, 0.5) is 0 Å². The van der Waals surface area contributed by atoms with Crippen molar-refractivity contribution in [2.45, 2.75) is 52.5 Å². The second-order valence-electron chi connectivity index (χ2n) is 4.93. The molecule has 0 bridgehead atoms. The van der Waals surface area contributed by atoms with E-state index in [4.69, 9.17) is 10.5 Å². The topological polar surface area (TPSA) is 48.1 Å². The van der Waals surface area contributed by atoms with Crippen molar-refractivity contribution < 1.29 is 4.74 Å². The summed E-state index contributed by atoms with van der Waals surface area (Å²) in [5.41, 5.74) is 6.66. The van der Waals surface area contributed by atoms with E-state index in [2.05, 4.69) is 18.8 Å². The van der Waals surface area contributed by atoms with Crippen LogP contribution in [0.1, 0.15) is 58.2 Å². The molecule has 3 nitrogen and oxygen atoms in total. The molecule has 0 aromatic carbocycles. The van der Waals surface area contributed by atoms with Crippen LogP contribution >= 0.6 is 0 Å². The molecular formula is C15H26N2O. The number of nitrogens with two attached hydrogens (primary N) is 1. The second-order valence-corrected chi connectivity index (χ2v) is 4.93. The zero-order valence-electron chi connectivity index (χ0n) is 11.9. The van der Waals surface area contributed by atoms with Gasteiger partial charge in [-0.2, -0.15) is 0 Å². The van der Waals surface area contributed by atoms with E-state index in [1.807, 2.05) is 19.1 Å². The van der Waals surface area contributed by atoms with E-state index < -0.39 is 0 Å². The molecule has 0 aliphatic heterocycles. The number of nitrogens with zero attached hydrogens (tertiary/aromatic N) is 1. The van der Waals surface area contributed by atoms with Crippen molar-refractivity contribution >= 4 is 0 Å². The number of unbranched alkanes of at least 4 members (excludes halogenated alkanes) is 1. The number of hydrogen-bond acceptors (Lipinski definition) is 3. The molecule has 0 amide bonds. The van der Waals surface area contributed by atoms with Gasteiger partial charge in [-0.05, 0) is 31.4 Å². The fraction of sp³-hybridized carbons (Fsp3) is 0.667. The third-order valence-electron chi connectivity index (χ3n) is 3.25. The SMILES string of the molecule is CCCCC(CC)COc1ccc(C(C)N)nc1. The lowest BCUT2D eigenvalue weighted by Crippen LogP contribution is -2.12. The van der Waals surface area contributed by atoms with Crippen molar-refractivity contribution in [1.82, 2.24) is 4.98 Å². The van der Waals surface area contributed by atoms with Crippen LogP contribution < -0.4 is 10.5 Å². The zero-order valence-corrected chi connectivity index (χ0v) is 11.9. The summed E-state index contributed by atoms with van der Waals surface area (Å²) >= 11 is 0. The average molecular weight is 250 g/mol. The first kappa shape index (κ1) is 15.0. The van der Waals surface area contributed by atoms with Crippen molar-refractivity contribution in [1.29, 1.82) is 0 Å². The number of pyridine rings is 1. The van der Waals surface area contributed by atoms with Gasteiger partial charge >= 0.3 is 0 Å². The van der Waals surface area contributed by atoms with E-state index in [-0.39, 0.29) is 6.04 Å². The highest BCUT2D eigenvalue weighted by molar-refractivity contribution is 5.21. The maximum absolute atomic E-state index is 5.79. The third-order valence-corrected chi connectivity index (χ3v) is 3.25. The van der Waals surface area contributed by atoms with Gasteiger partial charge in [-0.3, -0.25) is 4.98 Å². The van der Waals surface area contributed by atoms with Crippen LogP contribution in [0.5, 0.6) is 5.75 Å². The molecule has 0 spiro atoms. The van der Waals surface area contributed by atoms with Gasteiger partial charge in [-0.1, -0.05) is 33.1 Å². The predicted octanol–water partition coefficient (Wildman–Crippen LogP) is 3.70. The van der Waals surface area contributed by atoms with Gasteiger partial charge in [0.15, 0.2) is 0 Å². The Kier molecular flexibility index (Phi) is 6.73. The van der Waals surface area contributed by atoms with E-state index in [1.54, 1.807) is 6.20 Å². The summed E-state index contributed by atoms with van der Waals surface area (Å²) in [5.74, 6) is 1.49. The normalized spacial score (nSPS) is 14.2. The molecule has 2 atom stereocenters. The molecule has 2 unspecified atom stereocenters. The van der Waals surface area contributed by atoms with Crippen molar-refractivity contribution in [2.24, 2.45) is 11.7 Å². The first-order chi connectivity index (χ1) is 8.67. The molecule has 1 aromatic rings. The van der Waals surface area contributed by atoms with E-state index >= 15 is 0 Å². The Bertz CT molecular complexity index is 322. The molecular weight excluding hydrogens is 224 g/mol. The van der Waals surface area contributed by atoms with Crippen molar-refractivity contribution in [3.63, 3.8) is 0 Å². The first-order valence-electron chi connectivity index (χ1n) is 7.01. The van der Waals surface area contributed by atoms with E-state index in [0.717, 1.165) is 18.1 Å². The standard InChI is InChI=1S/C15H26N2O/c1-4-6-7-13(5-2)11-18-14-8-9-15(12(3)16)17-10-14/h8-10,12-13H,4-7,11,16H2,1-3H3. The number of rotatable bonds is 8. The number of aromatic nitrogens is 1. The van der Waals surface area contributed by atoms with Crippen LogP contribution in [0.2, 0.25) is 0 Å². The second kappa shape index (κ2) is 8.09. The summed E-state index contributed by atoms with van der Waals surface area (Å²) in [4.78, 5) is 4.29. The molecule has 0 saturated heterocycles. The van der Waals surface area contributed by atoms with Gasteiger partial charge in [-0.25, -0.2) is 0 Å². The Labute approximate surface area is 111 Å². The minimum atomic E-state index is -0.0213. The van der Waals surface area contributed by atoms with Crippen molar-refractivity contribution in [2.75, 3.05) is 6.61 Å². The minimum absolute atomic E-state index is 0.0213. The Morgan fingerprint density at radius 2 is 2.11 bits per heavy atom. The lowest BCUT2D eigenvalue weighted by molar-refractivity contribution is 0.232. The summed E-state index contributed by atoms with van der Waals surface area (Å²) in [6.45, 7) is 7.17. The largest absolute Gasteiger partial charge is 0.492 e. The van der Waals surface area contributed by atoms with Gasteiger partial charge in [0.05, 0.1) is 18.5 Å². The Hall–Kier alpha value is -1.09. The third kappa shape index (κ3) is 5.05. The van der Waals surface area contributed by atoms with Gasteiger partial charge in [0.1, 0.15) is 5.75 Å². The predicted molar refractivity (Wildman–Crippen MR) is 75.6 cm³/mol. The fourth-order valence-electron chi connectivity index (χ4n) is 1.86. The van der Waals surface area contributed by atoms with Crippen LogP contribution in [0.15, 0.2) is 18.3 Å². The van der Waals surface area contributed by atoms with Crippen LogP contribution in [-0.4, -0.2) is 11.6 Å². The molecule has 18 heavy (non-hydrogen) atoms. The summed E-state index contributed by atoms with van der Waals surface area (Å²) in [6.07, 6.45) is 6.72. The van der Waals surface area contributed by atoms with Gasteiger partial charge in [0.2, 0.25) is 0 Å². The van der Waals surface area contributed by atoms with Gasteiger partial charge in [0.25, 0.3) is 0 Å². The van der Waals surface area contributed by atoms with Crippen LogP contribution in [0.25, 0.3) is 0 Å². The van der Waals surface area contributed by atoms with Crippen LogP contribution in [0, 0.1) is 5.92 Å². The maximum atomic E-state index is 5.79. The highest BCUT2D eigenvalue weighted by Crippen LogP contribution is 2.17. The summed E-state index contributed by atoms with van der Waals surface area (Å²) in [7, 11) is 0.